The minimum atomic E-state index is -1.82. The molecule has 12 nitrogen and oxygen atoms in total. The highest BCUT2D eigenvalue weighted by molar-refractivity contribution is 6.27. The molecule has 32 heavy (non-hydrogen) atoms. The van der Waals surface area contributed by atoms with Crippen LogP contribution in [0.1, 0.15) is 36.4 Å². The fraction of sp³-hybridized carbons (Fsp3) is 0.450. The number of carboxylic acid groups (broad SMARTS) is 2. The van der Waals surface area contributed by atoms with Gasteiger partial charge in [0, 0.05) is 30.8 Å². The minimum absolute atomic E-state index is 0.0515. The number of ether oxygens (including phenoxy) is 2. The third-order valence-electron chi connectivity index (χ3n) is 5.08. The van der Waals surface area contributed by atoms with Gasteiger partial charge in [-0.3, -0.25) is 9.69 Å². The van der Waals surface area contributed by atoms with Gasteiger partial charge in [-0.2, -0.15) is 4.98 Å². The number of likely N-dealkylation sites (tertiary alicyclic amines) is 1. The summed E-state index contributed by atoms with van der Waals surface area (Å²) in [6.45, 7) is 2.95. The minimum Gasteiger partial charge on any atom is -0.486 e. The molecule has 0 spiro atoms. The second-order valence-electron chi connectivity index (χ2n) is 7.67. The largest absolute Gasteiger partial charge is 0.486 e. The Morgan fingerprint density at radius 3 is 2.38 bits per heavy atom. The molecule has 1 saturated heterocycles. The molecule has 0 radical (unpaired) electrons. The Bertz CT molecular complexity index is 1000. The molecule has 170 valence electrons. The fourth-order valence-electron chi connectivity index (χ4n) is 3.30. The lowest BCUT2D eigenvalue weighted by Gasteiger charge is -2.36. The second kappa shape index (κ2) is 9.22. The SMILES string of the molecule is O=C(CN1CC(c2nc(C3CC3)no2)C1)Nc1ccc2c(c1)OCCO2.O=C(O)C(=O)O. The van der Waals surface area contributed by atoms with Crippen molar-refractivity contribution in [3.05, 3.63) is 29.9 Å². The molecule has 12 heteroatoms. The molecular weight excluding hydrogens is 424 g/mol. The molecule has 0 bridgehead atoms. The lowest BCUT2D eigenvalue weighted by Crippen LogP contribution is -2.48. The van der Waals surface area contributed by atoms with Gasteiger partial charge in [-0.05, 0) is 25.0 Å². The molecule has 3 aliphatic rings. The topological polar surface area (TPSA) is 164 Å². The van der Waals surface area contributed by atoms with Gasteiger partial charge in [-0.15, -0.1) is 0 Å². The third kappa shape index (κ3) is 5.32. The van der Waals surface area contributed by atoms with E-state index < -0.39 is 11.9 Å². The van der Waals surface area contributed by atoms with Gasteiger partial charge >= 0.3 is 11.9 Å². The summed E-state index contributed by atoms with van der Waals surface area (Å²) in [5, 5.41) is 21.7. The number of nitrogens with one attached hydrogen (secondary N) is 1. The fourth-order valence-corrected chi connectivity index (χ4v) is 3.30. The number of aromatic nitrogens is 2. The zero-order valence-corrected chi connectivity index (χ0v) is 17.0. The Labute approximate surface area is 182 Å². The Balaban J connectivity index is 0.000000363. The molecule has 2 fully saturated rings. The maximum atomic E-state index is 12.3. The average Bonchev–Trinajstić information content (AvgIpc) is 3.48. The van der Waals surface area contributed by atoms with Crippen molar-refractivity contribution in [2.75, 3.05) is 38.2 Å². The molecule has 1 saturated carbocycles. The van der Waals surface area contributed by atoms with Gasteiger partial charge in [-0.25, -0.2) is 9.59 Å². The predicted molar refractivity (Wildman–Crippen MR) is 107 cm³/mol. The van der Waals surface area contributed by atoms with E-state index in [1.165, 1.54) is 0 Å². The maximum absolute atomic E-state index is 12.3. The zero-order chi connectivity index (χ0) is 22.7. The summed E-state index contributed by atoms with van der Waals surface area (Å²) in [5.41, 5.74) is 0.710. The predicted octanol–water partition coefficient (Wildman–Crippen LogP) is 0.912. The standard InChI is InChI=1S/C18H20N4O4.C2H2O4/c23-16(19-13-3-4-14-15(7-13)25-6-5-24-14)10-22-8-12(9-22)18-20-17(21-26-18)11-1-2-11;3-1(4)2(5)6/h3-4,7,11-12H,1-2,5-6,8-10H2,(H,19,23);(H,3,4)(H,5,6). The first kappa shape index (κ1) is 21.6. The summed E-state index contributed by atoms with van der Waals surface area (Å²) >= 11 is 0. The molecular formula is C20H22N4O8. The number of anilines is 1. The summed E-state index contributed by atoms with van der Waals surface area (Å²) in [5.74, 6) is -0.0389. The van der Waals surface area contributed by atoms with Gasteiger partial charge < -0.3 is 29.5 Å². The van der Waals surface area contributed by atoms with Crippen molar-refractivity contribution < 1.29 is 38.6 Å². The molecule has 1 aromatic heterocycles. The number of nitrogens with zero attached hydrogens (tertiary/aromatic N) is 3. The number of carboxylic acids is 2. The van der Waals surface area contributed by atoms with E-state index >= 15 is 0 Å². The van der Waals surface area contributed by atoms with Crippen LogP contribution in [0, 0.1) is 0 Å². The monoisotopic (exact) mass is 446 g/mol. The average molecular weight is 446 g/mol. The number of carbonyl (C=O) groups excluding carboxylic acids is 1. The normalized spacial score (nSPS) is 17.5. The van der Waals surface area contributed by atoms with Crippen LogP contribution in [0.2, 0.25) is 0 Å². The summed E-state index contributed by atoms with van der Waals surface area (Å²) in [7, 11) is 0. The first-order chi connectivity index (χ1) is 15.4. The molecule has 3 heterocycles. The lowest BCUT2D eigenvalue weighted by molar-refractivity contribution is -0.159. The first-order valence-corrected chi connectivity index (χ1v) is 10.1. The van der Waals surface area contributed by atoms with Crippen LogP contribution in [-0.2, 0) is 14.4 Å². The van der Waals surface area contributed by atoms with Gasteiger partial charge in [0.15, 0.2) is 17.3 Å². The van der Waals surface area contributed by atoms with Crippen molar-refractivity contribution in [2.24, 2.45) is 0 Å². The maximum Gasteiger partial charge on any atom is 0.414 e. The van der Waals surface area contributed by atoms with Gasteiger partial charge in [0.25, 0.3) is 0 Å². The first-order valence-electron chi connectivity index (χ1n) is 10.1. The van der Waals surface area contributed by atoms with E-state index in [9.17, 15) is 4.79 Å². The number of hydrogen-bond donors (Lipinski definition) is 3. The summed E-state index contributed by atoms with van der Waals surface area (Å²) in [4.78, 5) is 37.0. The highest BCUT2D eigenvalue weighted by atomic mass is 16.6. The van der Waals surface area contributed by atoms with E-state index in [0.29, 0.717) is 48.8 Å². The van der Waals surface area contributed by atoms with Crippen molar-refractivity contribution in [3.8, 4) is 11.5 Å². The molecule has 2 aromatic rings. The van der Waals surface area contributed by atoms with Gasteiger partial charge in [-0.1, -0.05) is 5.16 Å². The van der Waals surface area contributed by atoms with Gasteiger partial charge in [0.2, 0.25) is 11.8 Å². The van der Waals surface area contributed by atoms with E-state index in [-0.39, 0.29) is 11.8 Å². The number of rotatable bonds is 5. The van der Waals surface area contributed by atoms with Crippen molar-refractivity contribution in [1.82, 2.24) is 15.0 Å². The molecule has 0 unspecified atom stereocenters. The van der Waals surface area contributed by atoms with Crippen LogP contribution in [0.3, 0.4) is 0 Å². The Hall–Kier alpha value is -3.67. The molecule has 2 aliphatic heterocycles. The lowest BCUT2D eigenvalue weighted by atomic mass is 10.0. The Kier molecular flexibility index (Phi) is 6.21. The Morgan fingerprint density at radius 1 is 1.03 bits per heavy atom. The number of carbonyl (C=O) groups is 3. The number of benzene rings is 1. The number of amides is 1. The van der Waals surface area contributed by atoms with Crippen LogP contribution in [0.4, 0.5) is 5.69 Å². The number of aliphatic carboxylic acids is 2. The zero-order valence-electron chi connectivity index (χ0n) is 17.0. The molecule has 1 aliphatic carbocycles. The molecule has 1 amide bonds. The van der Waals surface area contributed by atoms with E-state index in [2.05, 4.69) is 20.4 Å². The van der Waals surface area contributed by atoms with Crippen LogP contribution in [-0.4, -0.2) is 75.9 Å². The number of fused-ring (bicyclic) bond motifs is 1. The highest BCUT2D eigenvalue weighted by Crippen LogP contribution is 2.39. The van der Waals surface area contributed by atoms with E-state index in [1.807, 2.05) is 12.1 Å². The molecule has 5 rings (SSSR count). The van der Waals surface area contributed by atoms with Crippen LogP contribution < -0.4 is 14.8 Å². The smallest absolute Gasteiger partial charge is 0.414 e. The van der Waals surface area contributed by atoms with Gasteiger partial charge in [0.1, 0.15) is 13.2 Å². The summed E-state index contributed by atoms with van der Waals surface area (Å²) < 4.78 is 16.4. The van der Waals surface area contributed by atoms with Crippen molar-refractivity contribution in [2.45, 2.75) is 24.7 Å². The highest BCUT2D eigenvalue weighted by Gasteiger charge is 2.35. The van der Waals surface area contributed by atoms with Gasteiger partial charge in [0.05, 0.1) is 12.5 Å². The van der Waals surface area contributed by atoms with E-state index in [4.69, 9.17) is 33.8 Å². The van der Waals surface area contributed by atoms with E-state index in [0.717, 1.165) is 31.8 Å². The Morgan fingerprint density at radius 2 is 1.72 bits per heavy atom. The van der Waals surface area contributed by atoms with Crippen molar-refractivity contribution >= 4 is 23.5 Å². The summed E-state index contributed by atoms with van der Waals surface area (Å²) in [6, 6.07) is 5.43. The van der Waals surface area contributed by atoms with Crippen LogP contribution in [0.15, 0.2) is 22.7 Å². The van der Waals surface area contributed by atoms with Crippen molar-refractivity contribution in [3.63, 3.8) is 0 Å². The van der Waals surface area contributed by atoms with Crippen LogP contribution in [0.25, 0.3) is 0 Å². The summed E-state index contributed by atoms with van der Waals surface area (Å²) in [6.07, 6.45) is 2.32. The second-order valence-corrected chi connectivity index (χ2v) is 7.67. The van der Waals surface area contributed by atoms with Crippen molar-refractivity contribution in [1.29, 1.82) is 0 Å². The molecule has 1 aromatic carbocycles. The molecule has 3 N–H and O–H groups in total. The molecule has 0 atom stereocenters. The third-order valence-corrected chi connectivity index (χ3v) is 5.08. The van der Waals surface area contributed by atoms with Crippen LogP contribution >= 0.6 is 0 Å². The van der Waals surface area contributed by atoms with Crippen LogP contribution in [0.5, 0.6) is 11.5 Å². The number of hydrogen-bond acceptors (Lipinski definition) is 9. The quantitative estimate of drug-likeness (QED) is 0.559. The van der Waals surface area contributed by atoms with E-state index in [1.54, 1.807) is 6.07 Å².